The maximum Gasteiger partial charge on any atom is 0.363 e. The van der Waals surface area contributed by atoms with Crippen molar-refractivity contribution in [2.24, 2.45) is 4.99 Å². The lowest BCUT2D eigenvalue weighted by atomic mass is 10.2. The fourth-order valence-electron chi connectivity index (χ4n) is 1.71. The Balaban J connectivity index is 1.94. The highest BCUT2D eigenvalue weighted by atomic mass is 79.9. The van der Waals surface area contributed by atoms with Gasteiger partial charge < -0.3 is 4.74 Å². The van der Waals surface area contributed by atoms with E-state index in [2.05, 4.69) is 20.9 Å². The number of ether oxygens (including phenoxy) is 1. The third-order valence-corrected chi connectivity index (χ3v) is 4.34. The second-order valence-electron chi connectivity index (χ2n) is 4.03. The molecular formula is C14H7BrClNO2S. The smallest absolute Gasteiger partial charge is 0.363 e. The molecule has 2 heterocycles. The Morgan fingerprint density at radius 2 is 2.20 bits per heavy atom. The first-order chi connectivity index (χ1) is 9.61. The molecule has 0 radical (unpaired) electrons. The lowest BCUT2D eigenvalue weighted by molar-refractivity contribution is -0.129. The lowest BCUT2D eigenvalue weighted by Crippen LogP contribution is -2.05. The summed E-state index contributed by atoms with van der Waals surface area (Å²) in [5.74, 6) is -0.180. The molecule has 0 N–H and O–H groups in total. The molecule has 1 aliphatic heterocycles. The average molecular weight is 369 g/mol. The molecule has 0 aliphatic carbocycles. The molecule has 2 aromatic rings. The number of cyclic esters (lactones) is 1. The molecule has 0 bridgehead atoms. The van der Waals surface area contributed by atoms with E-state index in [4.69, 9.17) is 16.3 Å². The molecule has 0 unspecified atom stereocenters. The predicted molar refractivity (Wildman–Crippen MR) is 84.1 cm³/mol. The first kappa shape index (κ1) is 13.5. The van der Waals surface area contributed by atoms with Gasteiger partial charge in [-0.15, -0.1) is 11.3 Å². The van der Waals surface area contributed by atoms with Crippen molar-refractivity contribution < 1.29 is 9.53 Å². The van der Waals surface area contributed by atoms with Crippen LogP contribution in [0.25, 0.3) is 6.08 Å². The molecule has 0 fully saturated rings. The van der Waals surface area contributed by atoms with Gasteiger partial charge in [0.25, 0.3) is 0 Å². The maximum absolute atomic E-state index is 11.8. The van der Waals surface area contributed by atoms with Crippen LogP contribution in [0.3, 0.4) is 0 Å². The van der Waals surface area contributed by atoms with E-state index >= 15 is 0 Å². The summed E-state index contributed by atoms with van der Waals surface area (Å²) in [7, 11) is 0. The number of nitrogens with zero attached hydrogens (tertiary/aromatic N) is 1. The van der Waals surface area contributed by atoms with Crippen molar-refractivity contribution in [2.45, 2.75) is 0 Å². The molecule has 0 atom stereocenters. The highest BCUT2D eigenvalue weighted by Crippen LogP contribution is 2.25. The summed E-state index contributed by atoms with van der Waals surface area (Å²) < 4.78 is 6.16. The van der Waals surface area contributed by atoms with Crippen molar-refractivity contribution in [3.63, 3.8) is 0 Å². The minimum atomic E-state index is -0.456. The molecule has 20 heavy (non-hydrogen) atoms. The summed E-state index contributed by atoms with van der Waals surface area (Å²) >= 11 is 10.8. The number of carbonyl (C=O) groups is 1. The fourth-order valence-corrected chi connectivity index (χ4v) is 3.03. The largest absolute Gasteiger partial charge is 0.402 e. The maximum atomic E-state index is 11.8. The van der Waals surface area contributed by atoms with E-state index in [1.54, 1.807) is 41.7 Å². The van der Waals surface area contributed by atoms with Gasteiger partial charge in [-0.3, -0.25) is 0 Å². The molecule has 0 saturated heterocycles. The quantitative estimate of drug-likeness (QED) is 0.578. The number of rotatable bonds is 2. The van der Waals surface area contributed by atoms with E-state index < -0.39 is 5.97 Å². The van der Waals surface area contributed by atoms with Gasteiger partial charge in [0.15, 0.2) is 5.70 Å². The molecular weight excluding hydrogens is 362 g/mol. The number of benzene rings is 1. The van der Waals surface area contributed by atoms with Crippen molar-refractivity contribution in [3.05, 3.63) is 61.3 Å². The number of esters is 1. The number of thiophene rings is 1. The van der Waals surface area contributed by atoms with Crippen LogP contribution in [0.1, 0.15) is 11.1 Å². The molecule has 1 aliphatic rings. The second kappa shape index (κ2) is 5.52. The van der Waals surface area contributed by atoms with Crippen molar-refractivity contribution in [1.29, 1.82) is 0 Å². The fraction of sp³-hybridized carbons (Fsp3) is 0. The summed E-state index contributed by atoms with van der Waals surface area (Å²) in [5.41, 5.74) is 1.87. The Morgan fingerprint density at radius 3 is 2.90 bits per heavy atom. The van der Waals surface area contributed by atoms with Crippen molar-refractivity contribution >= 4 is 56.8 Å². The monoisotopic (exact) mass is 367 g/mol. The van der Waals surface area contributed by atoms with Crippen LogP contribution >= 0.6 is 38.9 Å². The standard InChI is InChI=1S/C14H7BrClNO2S/c15-12-5-8(7-20-12)4-11-14(18)19-13(17-11)9-2-1-3-10(16)6-9/h1-7H/b11-4+. The Labute approximate surface area is 132 Å². The minimum absolute atomic E-state index is 0.276. The Bertz CT molecular complexity index is 751. The molecule has 0 amide bonds. The zero-order valence-corrected chi connectivity index (χ0v) is 13.1. The summed E-state index contributed by atoms with van der Waals surface area (Å²) in [6.45, 7) is 0. The van der Waals surface area contributed by atoms with E-state index in [0.717, 1.165) is 9.35 Å². The van der Waals surface area contributed by atoms with Gasteiger partial charge >= 0.3 is 5.97 Å². The van der Waals surface area contributed by atoms with E-state index in [1.807, 2.05) is 11.4 Å². The van der Waals surface area contributed by atoms with Crippen LogP contribution in [0, 0.1) is 0 Å². The molecule has 0 saturated carbocycles. The molecule has 1 aromatic heterocycles. The molecule has 3 rings (SSSR count). The van der Waals surface area contributed by atoms with Gasteiger partial charge in [-0.2, -0.15) is 0 Å². The van der Waals surface area contributed by atoms with Crippen molar-refractivity contribution in [3.8, 4) is 0 Å². The topological polar surface area (TPSA) is 38.7 Å². The highest BCUT2D eigenvalue weighted by molar-refractivity contribution is 9.11. The zero-order chi connectivity index (χ0) is 14.1. The Hall–Kier alpha value is -1.43. The predicted octanol–water partition coefficient (Wildman–Crippen LogP) is 4.51. The molecule has 3 nitrogen and oxygen atoms in total. The van der Waals surface area contributed by atoms with Crippen molar-refractivity contribution in [2.75, 3.05) is 0 Å². The SMILES string of the molecule is O=C1OC(c2cccc(Cl)c2)=N/C1=C/c1csc(Br)c1. The average Bonchev–Trinajstić information content (AvgIpc) is 2.97. The molecule has 6 heteroatoms. The summed E-state index contributed by atoms with van der Waals surface area (Å²) in [5, 5.41) is 2.50. The van der Waals surface area contributed by atoms with Gasteiger partial charge in [0.1, 0.15) is 0 Å². The van der Waals surface area contributed by atoms with E-state index in [0.29, 0.717) is 10.6 Å². The minimum Gasteiger partial charge on any atom is -0.402 e. The molecule has 1 aromatic carbocycles. The number of carbonyl (C=O) groups excluding carboxylic acids is 1. The number of hydrogen-bond donors (Lipinski definition) is 0. The van der Waals surface area contributed by atoms with Crippen LogP contribution in [0.4, 0.5) is 0 Å². The summed E-state index contributed by atoms with van der Waals surface area (Å²) in [4.78, 5) is 16.0. The van der Waals surface area contributed by atoms with Gasteiger partial charge in [0, 0.05) is 10.6 Å². The second-order valence-corrected chi connectivity index (χ2v) is 6.76. The van der Waals surface area contributed by atoms with Crippen LogP contribution in [-0.4, -0.2) is 11.9 Å². The lowest BCUT2D eigenvalue weighted by Gasteiger charge is -1.98. The Kier molecular flexibility index (Phi) is 3.74. The highest BCUT2D eigenvalue weighted by Gasteiger charge is 2.24. The zero-order valence-electron chi connectivity index (χ0n) is 9.97. The first-order valence-electron chi connectivity index (χ1n) is 5.64. The van der Waals surface area contributed by atoms with Crippen LogP contribution in [0.5, 0.6) is 0 Å². The van der Waals surface area contributed by atoms with Gasteiger partial charge in [0.2, 0.25) is 5.90 Å². The van der Waals surface area contributed by atoms with Gasteiger partial charge in [-0.25, -0.2) is 9.79 Å². The third kappa shape index (κ3) is 2.85. The third-order valence-electron chi connectivity index (χ3n) is 2.58. The van der Waals surface area contributed by atoms with E-state index in [1.165, 1.54) is 0 Å². The van der Waals surface area contributed by atoms with E-state index in [9.17, 15) is 4.79 Å². The van der Waals surface area contributed by atoms with Crippen LogP contribution < -0.4 is 0 Å². The van der Waals surface area contributed by atoms with Crippen LogP contribution in [-0.2, 0) is 9.53 Å². The number of hydrogen-bond acceptors (Lipinski definition) is 4. The Morgan fingerprint density at radius 1 is 1.35 bits per heavy atom. The summed E-state index contributed by atoms with van der Waals surface area (Å²) in [6, 6.07) is 8.95. The van der Waals surface area contributed by atoms with Crippen molar-refractivity contribution in [1.82, 2.24) is 0 Å². The van der Waals surface area contributed by atoms with Gasteiger partial charge in [-0.05, 0) is 57.2 Å². The van der Waals surface area contributed by atoms with Gasteiger partial charge in [-0.1, -0.05) is 17.7 Å². The van der Waals surface area contributed by atoms with E-state index in [-0.39, 0.29) is 11.6 Å². The van der Waals surface area contributed by atoms with Crippen LogP contribution in [0.15, 0.2) is 50.2 Å². The number of halogens is 2. The van der Waals surface area contributed by atoms with Gasteiger partial charge in [0.05, 0.1) is 3.79 Å². The molecule has 100 valence electrons. The summed E-state index contributed by atoms with van der Waals surface area (Å²) in [6.07, 6.45) is 1.70. The number of aliphatic imine (C=N–C) groups is 1. The first-order valence-corrected chi connectivity index (χ1v) is 7.69. The molecule has 0 spiro atoms. The van der Waals surface area contributed by atoms with Crippen LogP contribution in [0.2, 0.25) is 5.02 Å². The normalized spacial score (nSPS) is 16.4.